The number of carbonyl (C=O) groups is 1. The highest BCUT2D eigenvalue weighted by Gasteiger charge is 2.11. The molecule has 25 heavy (non-hydrogen) atoms. The topological polar surface area (TPSA) is 57.8 Å². The number of aromatic amines is 1. The van der Waals surface area contributed by atoms with Crippen molar-refractivity contribution >= 4 is 22.6 Å². The first kappa shape index (κ1) is 16.8. The number of hydrogen-bond acceptors (Lipinski definition) is 2. The molecular weight excluding hydrogens is 310 g/mol. The molecule has 0 fully saturated rings. The molecule has 4 nitrogen and oxygen atoms in total. The van der Waals surface area contributed by atoms with Crippen LogP contribution in [0, 0.1) is 24.2 Å². The first-order valence-electron chi connectivity index (χ1n) is 8.20. The summed E-state index contributed by atoms with van der Waals surface area (Å²) in [7, 11) is 0. The quantitative estimate of drug-likeness (QED) is 0.678. The lowest BCUT2D eigenvalue weighted by Gasteiger charge is -2.09. The lowest BCUT2D eigenvalue weighted by Crippen LogP contribution is -2.13. The van der Waals surface area contributed by atoms with Gasteiger partial charge in [0.15, 0.2) is 0 Å². The van der Waals surface area contributed by atoms with E-state index in [-0.39, 0.29) is 11.3 Å². The molecule has 2 aromatic heterocycles. The molecule has 0 bridgehead atoms. The highest BCUT2D eigenvalue weighted by Crippen LogP contribution is 2.18. The minimum absolute atomic E-state index is 0.0478. The van der Waals surface area contributed by atoms with Crippen LogP contribution in [0.5, 0.6) is 0 Å². The highest BCUT2D eigenvalue weighted by atomic mass is 16.1. The first-order valence-corrected chi connectivity index (χ1v) is 8.20. The van der Waals surface area contributed by atoms with Crippen molar-refractivity contribution in [2.24, 2.45) is 5.41 Å². The number of nitrogens with zero attached hydrogens (tertiary/aromatic N) is 1. The molecule has 1 amide bonds. The summed E-state index contributed by atoms with van der Waals surface area (Å²) in [6.45, 7) is 8.14. The number of amides is 1. The van der Waals surface area contributed by atoms with E-state index < -0.39 is 0 Å². The standard InChI is InChI=1S/C21H21N3O/c1-14-11-15(7-9-21(2,3)4)5-6-18(14)20(25)24-17-12-16-8-10-22-19(16)23-13-17/h5-6,8,10-13H,1-4H3,(H,22,23)(H,24,25). The van der Waals surface area contributed by atoms with Crippen molar-refractivity contribution in [3.05, 3.63) is 59.4 Å². The van der Waals surface area contributed by atoms with Crippen LogP contribution in [0.4, 0.5) is 5.69 Å². The maximum absolute atomic E-state index is 12.6. The fourth-order valence-corrected chi connectivity index (χ4v) is 2.46. The number of aryl methyl sites for hydroxylation is 1. The molecule has 2 N–H and O–H groups in total. The number of aromatic nitrogens is 2. The van der Waals surface area contributed by atoms with Crippen LogP contribution in [-0.2, 0) is 0 Å². The average Bonchev–Trinajstić information content (AvgIpc) is 3.00. The summed E-state index contributed by atoms with van der Waals surface area (Å²) in [6, 6.07) is 9.47. The summed E-state index contributed by atoms with van der Waals surface area (Å²) in [5, 5.41) is 3.87. The van der Waals surface area contributed by atoms with Crippen LogP contribution in [0.15, 0.2) is 42.7 Å². The molecule has 0 spiro atoms. The summed E-state index contributed by atoms with van der Waals surface area (Å²) >= 11 is 0. The van der Waals surface area contributed by atoms with Gasteiger partial charge < -0.3 is 10.3 Å². The van der Waals surface area contributed by atoms with E-state index in [1.165, 1.54) is 0 Å². The SMILES string of the molecule is Cc1cc(C#CC(C)(C)C)ccc1C(=O)Nc1cnc2[nH]ccc2c1. The minimum Gasteiger partial charge on any atom is -0.346 e. The van der Waals surface area contributed by atoms with Crippen LogP contribution in [0.1, 0.15) is 42.3 Å². The highest BCUT2D eigenvalue weighted by molar-refractivity contribution is 6.05. The zero-order valence-corrected chi connectivity index (χ0v) is 14.9. The summed E-state index contributed by atoms with van der Waals surface area (Å²) in [5.41, 5.74) is 3.88. The van der Waals surface area contributed by atoms with Gasteiger partial charge in [0.25, 0.3) is 5.91 Å². The monoisotopic (exact) mass is 331 g/mol. The second-order valence-electron chi connectivity index (χ2n) is 7.12. The maximum Gasteiger partial charge on any atom is 0.255 e. The molecule has 0 saturated carbocycles. The molecule has 4 heteroatoms. The van der Waals surface area contributed by atoms with Gasteiger partial charge in [-0.2, -0.15) is 0 Å². The van der Waals surface area contributed by atoms with E-state index in [0.29, 0.717) is 11.3 Å². The van der Waals surface area contributed by atoms with Gasteiger partial charge in [-0.05, 0) is 63.6 Å². The number of pyridine rings is 1. The summed E-state index contributed by atoms with van der Waals surface area (Å²) in [6.07, 6.45) is 3.47. The summed E-state index contributed by atoms with van der Waals surface area (Å²) < 4.78 is 0. The third kappa shape index (κ3) is 4.07. The Balaban J connectivity index is 1.80. The molecule has 126 valence electrons. The van der Waals surface area contributed by atoms with Gasteiger partial charge in [0.2, 0.25) is 0 Å². The van der Waals surface area contributed by atoms with Crippen molar-refractivity contribution in [2.45, 2.75) is 27.7 Å². The van der Waals surface area contributed by atoms with E-state index in [2.05, 4.69) is 47.9 Å². The molecule has 0 aliphatic carbocycles. The molecule has 3 rings (SSSR count). The minimum atomic E-state index is -0.149. The third-order valence-electron chi connectivity index (χ3n) is 3.71. The van der Waals surface area contributed by atoms with Crippen molar-refractivity contribution in [1.29, 1.82) is 0 Å². The Hall–Kier alpha value is -3.06. The molecule has 0 saturated heterocycles. The van der Waals surface area contributed by atoms with E-state index >= 15 is 0 Å². The number of anilines is 1. The van der Waals surface area contributed by atoms with Gasteiger partial charge in [-0.1, -0.05) is 11.8 Å². The maximum atomic E-state index is 12.6. The van der Waals surface area contributed by atoms with Crippen LogP contribution < -0.4 is 5.32 Å². The van der Waals surface area contributed by atoms with Crippen molar-refractivity contribution in [1.82, 2.24) is 9.97 Å². The van der Waals surface area contributed by atoms with E-state index in [9.17, 15) is 4.79 Å². The first-order chi connectivity index (χ1) is 11.8. The van der Waals surface area contributed by atoms with Gasteiger partial charge >= 0.3 is 0 Å². The van der Waals surface area contributed by atoms with Crippen LogP contribution in [0.25, 0.3) is 11.0 Å². The van der Waals surface area contributed by atoms with Crippen LogP contribution in [-0.4, -0.2) is 15.9 Å². The molecule has 0 aliphatic heterocycles. The van der Waals surface area contributed by atoms with Crippen molar-refractivity contribution in [3.63, 3.8) is 0 Å². The summed E-state index contributed by atoms with van der Waals surface area (Å²) in [5.74, 6) is 6.22. The number of nitrogens with one attached hydrogen (secondary N) is 2. The summed E-state index contributed by atoms with van der Waals surface area (Å²) in [4.78, 5) is 19.9. The molecular formula is C21H21N3O. The van der Waals surface area contributed by atoms with Gasteiger partial charge in [-0.3, -0.25) is 4.79 Å². The molecule has 0 radical (unpaired) electrons. The predicted octanol–water partition coefficient (Wildman–Crippen LogP) is 4.52. The number of H-pyrrole nitrogens is 1. The third-order valence-corrected chi connectivity index (χ3v) is 3.71. The van der Waals surface area contributed by atoms with E-state index in [1.807, 2.05) is 43.5 Å². The zero-order chi connectivity index (χ0) is 18.0. The second-order valence-corrected chi connectivity index (χ2v) is 7.12. The normalized spacial score (nSPS) is 11.0. The van der Waals surface area contributed by atoms with Gasteiger partial charge in [0.05, 0.1) is 11.9 Å². The second kappa shape index (κ2) is 6.45. The molecule has 1 aromatic carbocycles. The van der Waals surface area contributed by atoms with Crippen LogP contribution >= 0.6 is 0 Å². The predicted molar refractivity (Wildman–Crippen MR) is 102 cm³/mol. The lowest BCUT2D eigenvalue weighted by molar-refractivity contribution is 0.102. The number of hydrogen-bond donors (Lipinski definition) is 2. The van der Waals surface area contributed by atoms with E-state index in [4.69, 9.17) is 0 Å². The Labute approximate surface area is 147 Å². The van der Waals surface area contributed by atoms with Crippen molar-refractivity contribution in [2.75, 3.05) is 5.32 Å². The van der Waals surface area contributed by atoms with Crippen LogP contribution in [0.2, 0.25) is 0 Å². The molecule has 0 atom stereocenters. The van der Waals surface area contributed by atoms with Gasteiger partial charge in [0.1, 0.15) is 5.65 Å². The van der Waals surface area contributed by atoms with Crippen molar-refractivity contribution in [3.8, 4) is 11.8 Å². The van der Waals surface area contributed by atoms with Gasteiger partial charge in [0, 0.05) is 28.1 Å². The smallest absolute Gasteiger partial charge is 0.255 e. The number of rotatable bonds is 2. The fourth-order valence-electron chi connectivity index (χ4n) is 2.46. The Kier molecular flexibility index (Phi) is 4.33. The molecule has 3 aromatic rings. The Bertz CT molecular complexity index is 997. The molecule has 0 aliphatic rings. The number of fused-ring (bicyclic) bond motifs is 1. The van der Waals surface area contributed by atoms with Crippen LogP contribution in [0.3, 0.4) is 0 Å². The van der Waals surface area contributed by atoms with Gasteiger partial charge in [-0.15, -0.1) is 0 Å². The number of benzene rings is 1. The number of carbonyl (C=O) groups excluding carboxylic acids is 1. The fraction of sp³-hybridized carbons (Fsp3) is 0.238. The Morgan fingerprint density at radius 1 is 1.20 bits per heavy atom. The van der Waals surface area contributed by atoms with E-state index in [1.54, 1.807) is 6.20 Å². The lowest BCUT2D eigenvalue weighted by atomic mass is 9.97. The zero-order valence-electron chi connectivity index (χ0n) is 14.9. The molecule has 0 unspecified atom stereocenters. The Morgan fingerprint density at radius 2 is 2.00 bits per heavy atom. The Morgan fingerprint density at radius 3 is 2.72 bits per heavy atom. The largest absolute Gasteiger partial charge is 0.346 e. The van der Waals surface area contributed by atoms with Crippen molar-refractivity contribution < 1.29 is 4.79 Å². The average molecular weight is 331 g/mol. The van der Waals surface area contributed by atoms with Gasteiger partial charge in [-0.25, -0.2) is 4.98 Å². The van der Waals surface area contributed by atoms with E-state index in [0.717, 1.165) is 22.2 Å². The molecule has 2 heterocycles.